The molecule has 0 atom stereocenters. The maximum atomic E-state index is 11.6. The maximum absolute atomic E-state index is 11.6. The van der Waals surface area contributed by atoms with Gasteiger partial charge in [0, 0.05) is 19.7 Å². The summed E-state index contributed by atoms with van der Waals surface area (Å²) in [6.07, 6.45) is 6.85. The SMILES string of the molecule is Cn1cc(CC(=O)c2ccoc2)cn1. The van der Waals surface area contributed by atoms with E-state index < -0.39 is 0 Å². The zero-order valence-electron chi connectivity index (χ0n) is 7.80. The van der Waals surface area contributed by atoms with Crippen LogP contribution < -0.4 is 0 Å². The van der Waals surface area contributed by atoms with Gasteiger partial charge in [-0.25, -0.2) is 0 Å². The van der Waals surface area contributed by atoms with Crippen LogP contribution in [-0.2, 0) is 13.5 Å². The number of rotatable bonds is 3. The molecule has 4 heteroatoms. The standard InChI is InChI=1S/C10H10N2O2/c1-12-6-8(5-11-12)4-10(13)9-2-3-14-7-9/h2-3,5-7H,4H2,1H3. The van der Waals surface area contributed by atoms with Gasteiger partial charge in [0.25, 0.3) is 0 Å². The highest BCUT2D eigenvalue weighted by Crippen LogP contribution is 2.06. The van der Waals surface area contributed by atoms with Crippen molar-refractivity contribution in [2.75, 3.05) is 0 Å². The van der Waals surface area contributed by atoms with Gasteiger partial charge in [-0.15, -0.1) is 0 Å². The van der Waals surface area contributed by atoms with Crippen LogP contribution in [0.2, 0.25) is 0 Å². The monoisotopic (exact) mass is 190 g/mol. The Kier molecular flexibility index (Phi) is 2.18. The van der Waals surface area contributed by atoms with E-state index in [0.29, 0.717) is 12.0 Å². The minimum atomic E-state index is 0.0479. The van der Waals surface area contributed by atoms with Crippen molar-refractivity contribution >= 4 is 5.78 Å². The lowest BCUT2D eigenvalue weighted by Crippen LogP contribution is -2.00. The third-order valence-corrected chi connectivity index (χ3v) is 1.97. The van der Waals surface area contributed by atoms with E-state index in [4.69, 9.17) is 4.42 Å². The fraction of sp³-hybridized carbons (Fsp3) is 0.200. The van der Waals surface area contributed by atoms with Crippen molar-refractivity contribution < 1.29 is 9.21 Å². The van der Waals surface area contributed by atoms with E-state index in [1.54, 1.807) is 16.9 Å². The van der Waals surface area contributed by atoms with E-state index in [9.17, 15) is 4.79 Å². The normalized spacial score (nSPS) is 10.4. The molecule has 0 aliphatic carbocycles. The summed E-state index contributed by atoms with van der Waals surface area (Å²) in [5, 5.41) is 3.99. The number of carbonyl (C=O) groups excluding carboxylic acids is 1. The molecule has 0 fully saturated rings. The number of Topliss-reactive ketones (excluding diaryl/α,β-unsaturated/α-hetero) is 1. The second-order valence-electron chi connectivity index (χ2n) is 3.13. The van der Waals surface area contributed by atoms with E-state index in [-0.39, 0.29) is 5.78 Å². The van der Waals surface area contributed by atoms with Crippen molar-refractivity contribution in [1.29, 1.82) is 0 Å². The zero-order valence-corrected chi connectivity index (χ0v) is 7.80. The highest BCUT2D eigenvalue weighted by atomic mass is 16.3. The Labute approximate surface area is 81.1 Å². The van der Waals surface area contributed by atoms with Crippen molar-refractivity contribution in [3.05, 3.63) is 42.1 Å². The van der Waals surface area contributed by atoms with Gasteiger partial charge in [-0.05, 0) is 11.6 Å². The molecule has 14 heavy (non-hydrogen) atoms. The lowest BCUT2D eigenvalue weighted by atomic mass is 10.1. The molecule has 0 radical (unpaired) electrons. The highest BCUT2D eigenvalue weighted by Gasteiger charge is 2.08. The number of hydrogen-bond acceptors (Lipinski definition) is 3. The number of aryl methyl sites for hydroxylation is 1. The molecule has 0 bridgehead atoms. The van der Waals surface area contributed by atoms with E-state index >= 15 is 0 Å². The summed E-state index contributed by atoms with van der Waals surface area (Å²) in [4.78, 5) is 11.6. The molecule has 0 aliphatic rings. The Morgan fingerprint density at radius 1 is 1.64 bits per heavy atom. The topological polar surface area (TPSA) is 48.0 Å². The molecule has 2 aromatic heterocycles. The molecule has 2 aromatic rings. The van der Waals surface area contributed by atoms with Crippen LogP contribution in [0.15, 0.2) is 35.4 Å². The molecule has 0 amide bonds. The van der Waals surface area contributed by atoms with Crippen LogP contribution in [0.4, 0.5) is 0 Å². The van der Waals surface area contributed by atoms with Gasteiger partial charge in [0.2, 0.25) is 0 Å². The van der Waals surface area contributed by atoms with Crippen LogP contribution in [0.1, 0.15) is 15.9 Å². The minimum absolute atomic E-state index is 0.0479. The first-order chi connectivity index (χ1) is 6.75. The largest absolute Gasteiger partial charge is 0.472 e. The van der Waals surface area contributed by atoms with E-state index in [0.717, 1.165) is 5.56 Å². The number of nitrogens with zero attached hydrogens (tertiary/aromatic N) is 2. The first kappa shape index (κ1) is 8.74. The van der Waals surface area contributed by atoms with Crippen molar-refractivity contribution in [2.24, 2.45) is 7.05 Å². The van der Waals surface area contributed by atoms with Gasteiger partial charge in [-0.1, -0.05) is 0 Å². The molecule has 0 unspecified atom stereocenters. The third-order valence-electron chi connectivity index (χ3n) is 1.97. The Morgan fingerprint density at radius 2 is 2.50 bits per heavy atom. The lowest BCUT2D eigenvalue weighted by Gasteiger charge is -1.92. The first-order valence-corrected chi connectivity index (χ1v) is 4.28. The Balaban J connectivity index is 2.09. The van der Waals surface area contributed by atoms with Crippen LogP contribution >= 0.6 is 0 Å². The van der Waals surface area contributed by atoms with Crippen molar-refractivity contribution in [1.82, 2.24) is 9.78 Å². The number of aromatic nitrogens is 2. The fourth-order valence-electron chi connectivity index (χ4n) is 1.27. The van der Waals surface area contributed by atoms with Gasteiger partial charge in [-0.2, -0.15) is 5.10 Å². The zero-order chi connectivity index (χ0) is 9.97. The molecule has 0 saturated heterocycles. The summed E-state index contributed by atoms with van der Waals surface area (Å²) in [5.41, 5.74) is 1.52. The van der Waals surface area contributed by atoms with Crippen LogP contribution in [0.25, 0.3) is 0 Å². The predicted octanol–water partition coefficient (Wildman–Crippen LogP) is 1.44. The average molecular weight is 190 g/mol. The number of carbonyl (C=O) groups is 1. The molecule has 2 rings (SSSR count). The highest BCUT2D eigenvalue weighted by molar-refractivity contribution is 5.97. The summed E-state index contributed by atoms with van der Waals surface area (Å²) in [5.74, 6) is 0.0479. The first-order valence-electron chi connectivity index (χ1n) is 4.28. The Bertz CT molecular complexity index is 429. The predicted molar refractivity (Wildman–Crippen MR) is 50.0 cm³/mol. The quantitative estimate of drug-likeness (QED) is 0.688. The molecular weight excluding hydrogens is 180 g/mol. The van der Waals surface area contributed by atoms with Crippen LogP contribution in [0.3, 0.4) is 0 Å². The molecule has 0 saturated carbocycles. The third kappa shape index (κ3) is 1.74. The second-order valence-corrected chi connectivity index (χ2v) is 3.13. The molecule has 72 valence electrons. The molecule has 2 heterocycles. The second kappa shape index (κ2) is 3.49. The summed E-state index contributed by atoms with van der Waals surface area (Å²) in [6, 6.07) is 1.67. The molecule has 0 spiro atoms. The molecule has 0 N–H and O–H groups in total. The van der Waals surface area contributed by atoms with Crippen molar-refractivity contribution in [3.63, 3.8) is 0 Å². The van der Waals surface area contributed by atoms with Gasteiger partial charge in [0.15, 0.2) is 5.78 Å². The minimum Gasteiger partial charge on any atom is -0.472 e. The fourth-order valence-corrected chi connectivity index (χ4v) is 1.27. The summed E-state index contributed by atoms with van der Waals surface area (Å²) in [6.45, 7) is 0. The van der Waals surface area contributed by atoms with Crippen LogP contribution in [0.5, 0.6) is 0 Å². The molecular formula is C10H10N2O2. The summed E-state index contributed by atoms with van der Waals surface area (Å²) >= 11 is 0. The summed E-state index contributed by atoms with van der Waals surface area (Å²) in [7, 11) is 1.83. The van der Waals surface area contributed by atoms with Gasteiger partial charge in [0.1, 0.15) is 6.26 Å². The lowest BCUT2D eigenvalue weighted by molar-refractivity contribution is 0.0992. The smallest absolute Gasteiger partial charge is 0.170 e. The average Bonchev–Trinajstić information content (AvgIpc) is 2.75. The molecule has 0 aromatic carbocycles. The van der Waals surface area contributed by atoms with Gasteiger partial charge in [0.05, 0.1) is 18.0 Å². The number of ketones is 1. The maximum Gasteiger partial charge on any atom is 0.170 e. The van der Waals surface area contributed by atoms with Crippen LogP contribution in [0, 0.1) is 0 Å². The number of furan rings is 1. The van der Waals surface area contributed by atoms with Crippen molar-refractivity contribution in [2.45, 2.75) is 6.42 Å². The number of hydrogen-bond donors (Lipinski definition) is 0. The van der Waals surface area contributed by atoms with Crippen LogP contribution in [-0.4, -0.2) is 15.6 Å². The van der Waals surface area contributed by atoms with E-state index in [2.05, 4.69) is 5.10 Å². The van der Waals surface area contributed by atoms with Crippen molar-refractivity contribution in [3.8, 4) is 0 Å². The van der Waals surface area contributed by atoms with E-state index in [1.165, 1.54) is 12.5 Å². The van der Waals surface area contributed by atoms with E-state index in [1.807, 2.05) is 13.2 Å². The molecule has 4 nitrogen and oxygen atoms in total. The Morgan fingerprint density at radius 3 is 3.07 bits per heavy atom. The summed E-state index contributed by atoms with van der Waals surface area (Å²) < 4.78 is 6.52. The Hall–Kier alpha value is -1.84. The van der Waals surface area contributed by atoms with Gasteiger partial charge in [-0.3, -0.25) is 9.48 Å². The van der Waals surface area contributed by atoms with Gasteiger partial charge >= 0.3 is 0 Å². The molecule has 0 aliphatic heterocycles. The van der Waals surface area contributed by atoms with Gasteiger partial charge < -0.3 is 4.42 Å².